The molecule has 2 aromatic carbocycles. The predicted octanol–water partition coefficient (Wildman–Crippen LogP) is 4.36. The van der Waals surface area contributed by atoms with Crippen LogP contribution >= 0.6 is 11.8 Å². The van der Waals surface area contributed by atoms with Crippen LogP contribution in [0.4, 0.5) is 5.82 Å². The molecule has 0 spiro atoms. The largest absolute Gasteiger partial charge is 0.497 e. The van der Waals surface area contributed by atoms with Gasteiger partial charge >= 0.3 is 0 Å². The average Bonchev–Trinajstić information content (AvgIpc) is 2.99. The summed E-state index contributed by atoms with van der Waals surface area (Å²) in [7, 11) is 3.29. The van der Waals surface area contributed by atoms with Crippen molar-refractivity contribution in [3.05, 3.63) is 65.4 Å². The van der Waals surface area contributed by atoms with Crippen molar-refractivity contribution in [2.45, 2.75) is 24.3 Å². The summed E-state index contributed by atoms with van der Waals surface area (Å²) in [5, 5.41) is 7.60. The lowest BCUT2D eigenvalue weighted by molar-refractivity contribution is -0.115. The SMILES string of the molecule is COc1ccc(-n2nc(C)c3c2NC(=O)[C@H](C)S[C@@H]3c2cccc(OC)c2)cc1. The van der Waals surface area contributed by atoms with Crippen molar-refractivity contribution >= 4 is 23.5 Å². The molecule has 1 aliphatic rings. The number of aryl methyl sites for hydroxylation is 1. The van der Waals surface area contributed by atoms with Gasteiger partial charge in [-0.15, -0.1) is 11.8 Å². The molecule has 1 amide bonds. The number of benzene rings is 2. The summed E-state index contributed by atoms with van der Waals surface area (Å²) in [5.74, 6) is 2.24. The van der Waals surface area contributed by atoms with Crippen LogP contribution in [0.2, 0.25) is 0 Å². The van der Waals surface area contributed by atoms with Crippen LogP contribution in [0.1, 0.15) is 29.0 Å². The van der Waals surface area contributed by atoms with Crippen molar-refractivity contribution in [3.8, 4) is 17.2 Å². The number of nitrogens with one attached hydrogen (secondary N) is 1. The van der Waals surface area contributed by atoms with E-state index in [0.29, 0.717) is 5.82 Å². The third-order valence-corrected chi connectivity index (χ3v) is 6.44. The molecule has 1 aliphatic heterocycles. The maximum Gasteiger partial charge on any atom is 0.238 e. The molecule has 1 aromatic heterocycles. The van der Waals surface area contributed by atoms with E-state index in [1.807, 2.05) is 56.3 Å². The topological polar surface area (TPSA) is 65.4 Å². The Morgan fingerprint density at radius 3 is 2.48 bits per heavy atom. The number of nitrogens with zero attached hydrogens (tertiary/aromatic N) is 2. The normalized spacial score (nSPS) is 18.6. The van der Waals surface area contributed by atoms with Crippen molar-refractivity contribution < 1.29 is 14.3 Å². The number of ether oxygens (including phenoxy) is 2. The Balaban J connectivity index is 1.87. The standard InChI is InChI=1S/C22H23N3O3S/c1-13-19-20(15-6-5-7-18(12-15)28-4)29-14(2)22(26)23-21(19)25(24-13)16-8-10-17(27-3)11-9-16/h5-12,14,20H,1-4H3,(H,23,26)/t14-,20+/m0/s1. The van der Waals surface area contributed by atoms with Crippen molar-refractivity contribution in [2.75, 3.05) is 19.5 Å². The van der Waals surface area contributed by atoms with Gasteiger partial charge in [0.2, 0.25) is 5.91 Å². The van der Waals surface area contributed by atoms with Gasteiger partial charge in [0.25, 0.3) is 0 Å². The van der Waals surface area contributed by atoms with Gasteiger partial charge in [-0.3, -0.25) is 4.79 Å². The maximum atomic E-state index is 12.8. The number of carbonyl (C=O) groups excluding carboxylic acids is 1. The van der Waals surface area contributed by atoms with E-state index in [1.165, 1.54) is 0 Å². The third kappa shape index (κ3) is 3.58. The molecule has 4 rings (SSSR count). The number of hydrogen-bond donors (Lipinski definition) is 1. The van der Waals surface area contributed by atoms with Crippen LogP contribution in [0.25, 0.3) is 5.69 Å². The van der Waals surface area contributed by atoms with Crippen LogP contribution in [-0.2, 0) is 4.79 Å². The molecule has 2 heterocycles. The average molecular weight is 410 g/mol. The number of carbonyl (C=O) groups is 1. The second-order valence-corrected chi connectivity index (χ2v) is 8.33. The van der Waals surface area contributed by atoms with Gasteiger partial charge in [-0.2, -0.15) is 5.10 Å². The molecule has 0 bridgehead atoms. The highest BCUT2D eigenvalue weighted by Gasteiger charge is 2.34. The van der Waals surface area contributed by atoms with Crippen LogP contribution in [0.3, 0.4) is 0 Å². The number of thioether (sulfide) groups is 1. The first-order chi connectivity index (χ1) is 14.0. The molecule has 6 nitrogen and oxygen atoms in total. The fourth-order valence-corrected chi connectivity index (χ4v) is 4.80. The lowest BCUT2D eigenvalue weighted by atomic mass is 10.0. The highest BCUT2D eigenvalue weighted by molar-refractivity contribution is 8.01. The molecular weight excluding hydrogens is 386 g/mol. The zero-order chi connectivity index (χ0) is 20.5. The van der Waals surface area contributed by atoms with Gasteiger partial charge in [-0.25, -0.2) is 4.68 Å². The lowest BCUT2D eigenvalue weighted by Crippen LogP contribution is -2.22. The number of methoxy groups -OCH3 is 2. The number of aromatic nitrogens is 2. The minimum Gasteiger partial charge on any atom is -0.497 e. The van der Waals surface area contributed by atoms with E-state index >= 15 is 0 Å². The van der Waals surface area contributed by atoms with Crippen LogP contribution in [0.5, 0.6) is 11.5 Å². The first-order valence-electron chi connectivity index (χ1n) is 9.36. The molecule has 150 valence electrons. The summed E-state index contributed by atoms with van der Waals surface area (Å²) in [4.78, 5) is 12.8. The van der Waals surface area contributed by atoms with E-state index in [4.69, 9.17) is 14.6 Å². The van der Waals surface area contributed by atoms with Crippen molar-refractivity contribution in [2.24, 2.45) is 0 Å². The zero-order valence-electron chi connectivity index (χ0n) is 16.8. The Morgan fingerprint density at radius 2 is 1.79 bits per heavy atom. The molecule has 29 heavy (non-hydrogen) atoms. The molecule has 2 atom stereocenters. The molecule has 7 heteroatoms. The Hall–Kier alpha value is -2.93. The molecule has 0 aliphatic carbocycles. The summed E-state index contributed by atoms with van der Waals surface area (Å²) in [6, 6.07) is 15.6. The van der Waals surface area contributed by atoms with Gasteiger partial charge in [-0.05, 0) is 55.8 Å². The highest BCUT2D eigenvalue weighted by atomic mass is 32.2. The molecular formula is C22H23N3O3S. The number of amides is 1. The summed E-state index contributed by atoms with van der Waals surface area (Å²) in [5.41, 5.74) is 3.83. The molecule has 0 saturated carbocycles. The summed E-state index contributed by atoms with van der Waals surface area (Å²) >= 11 is 1.62. The highest BCUT2D eigenvalue weighted by Crippen LogP contribution is 2.46. The molecule has 0 radical (unpaired) electrons. The zero-order valence-corrected chi connectivity index (χ0v) is 17.6. The second-order valence-electron chi connectivity index (χ2n) is 6.88. The van der Waals surface area contributed by atoms with Gasteiger partial charge in [0, 0.05) is 5.56 Å². The second kappa shape index (κ2) is 7.83. The van der Waals surface area contributed by atoms with Crippen molar-refractivity contribution in [1.29, 1.82) is 0 Å². The Labute approximate surface area is 174 Å². The van der Waals surface area contributed by atoms with E-state index < -0.39 is 0 Å². The van der Waals surface area contributed by atoms with Crippen molar-refractivity contribution in [3.63, 3.8) is 0 Å². The van der Waals surface area contributed by atoms with Gasteiger partial charge in [0.15, 0.2) is 0 Å². The van der Waals surface area contributed by atoms with Gasteiger partial charge in [-0.1, -0.05) is 12.1 Å². The Kier molecular flexibility index (Phi) is 5.24. The van der Waals surface area contributed by atoms with Gasteiger partial charge in [0.05, 0.1) is 36.1 Å². The number of fused-ring (bicyclic) bond motifs is 1. The number of hydrogen-bond acceptors (Lipinski definition) is 5. The fourth-order valence-electron chi connectivity index (χ4n) is 3.49. The van der Waals surface area contributed by atoms with Crippen LogP contribution < -0.4 is 14.8 Å². The van der Waals surface area contributed by atoms with E-state index in [2.05, 4.69) is 11.4 Å². The minimum atomic E-state index is -0.206. The smallest absolute Gasteiger partial charge is 0.238 e. The first-order valence-corrected chi connectivity index (χ1v) is 10.3. The predicted molar refractivity (Wildman–Crippen MR) is 115 cm³/mol. The third-order valence-electron chi connectivity index (χ3n) is 5.03. The summed E-state index contributed by atoms with van der Waals surface area (Å²) < 4.78 is 12.5. The van der Waals surface area contributed by atoms with E-state index in [9.17, 15) is 4.79 Å². The molecule has 0 fully saturated rings. The van der Waals surface area contributed by atoms with Crippen LogP contribution in [0.15, 0.2) is 48.5 Å². The molecule has 0 saturated heterocycles. The quantitative estimate of drug-likeness (QED) is 0.694. The first kappa shape index (κ1) is 19.4. The van der Waals surface area contributed by atoms with E-state index in [0.717, 1.165) is 34.0 Å². The van der Waals surface area contributed by atoms with E-state index in [1.54, 1.807) is 30.7 Å². The number of rotatable bonds is 4. The van der Waals surface area contributed by atoms with E-state index in [-0.39, 0.29) is 16.4 Å². The number of anilines is 1. The van der Waals surface area contributed by atoms with Gasteiger partial charge in [0.1, 0.15) is 17.3 Å². The monoisotopic (exact) mass is 409 g/mol. The molecule has 1 N–H and O–H groups in total. The minimum absolute atomic E-state index is 0.0312. The molecule has 0 unspecified atom stereocenters. The van der Waals surface area contributed by atoms with Crippen molar-refractivity contribution in [1.82, 2.24) is 9.78 Å². The Bertz CT molecular complexity index is 1050. The van der Waals surface area contributed by atoms with Gasteiger partial charge < -0.3 is 14.8 Å². The van der Waals surface area contributed by atoms with Crippen LogP contribution in [0, 0.1) is 6.92 Å². The lowest BCUT2D eigenvalue weighted by Gasteiger charge is -2.18. The molecule has 3 aromatic rings. The fraction of sp³-hybridized carbons (Fsp3) is 0.273. The summed E-state index contributed by atoms with van der Waals surface area (Å²) in [6.07, 6.45) is 0. The maximum absolute atomic E-state index is 12.8. The van der Waals surface area contributed by atoms with Crippen LogP contribution in [-0.4, -0.2) is 35.2 Å². The Morgan fingerprint density at radius 1 is 1.07 bits per heavy atom. The summed E-state index contributed by atoms with van der Waals surface area (Å²) in [6.45, 7) is 3.91.